The maximum absolute atomic E-state index is 14.2. The number of carbonyl (C=O) groups excluding carboxylic acids is 3. The van der Waals surface area contributed by atoms with E-state index < -0.39 is 75.5 Å². The first-order valence-electron chi connectivity index (χ1n) is 16.3. The summed E-state index contributed by atoms with van der Waals surface area (Å²) in [4.78, 5) is 41.8. The van der Waals surface area contributed by atoms with E-state index in [-0.39, 0.29) is 29.3 Å². The molecule has 46 heavy (non-hydrogen) atoms. The zero-order valence-corrected chi connectivity index (χ0v) is 27.3. The van der Waals surface area contributed by atoms with Crippen LogP contribution in [0.5, 0.6) is 5.75 Å². The Balaban J connectivity index is 1.62. The molecule has 3 unspecified atom stereocenters. The number of carbonyl (C=O) groups is 3. The average molecular weight is 640 g/mol. The molecule has 4 rings (SSSR count). The zero-order chi connectivity index (χ0) is 34.1. The number of nitrogens with two attached hydrogens (primary N) is 1. The number of hydrogen-bond acceptors (Lipinski definition) is 10. The molecule has 3 aliphatic carbocycles. The lowest BCUT2D eigenvalue weighted by Gasteiger charge is -2.54. The van der Waals surface area contributed by atoms with Crippen LogP contribution in [0, 0.1) is 11.8 Å². The van der Waals surface area contributed by atoms with Crippen LogP contribution in [0.1, 0.15) is 95.1 Å². The van der Waals surface area contributed by atoms with Crippen molar-refractivity contribution in [3.63, 3.8) is 0 Å². The maximum atomic E-state index is 14.2. The standard InChI is InChI=1S/C35H49N3O8/c1-6-7-8-9-10-11-12-13-14-15-22(39)37-21-17-16-20-18(2)23-26(30(41)25(20)29(21)40)34(45)35(46)27(31(23)42)28(38(4)5)32(43)24(19(3)36)33(35)44/h16-18,23,27-28,31,40-42,44,46H,3,6-15,36H2,1-2,4-5H3,(H,37,39)/t18-,23?,27?,28-,31?,35+/m0/s1. The van der Waals surface area contributed by atoms with Gasteiger partial charge in [0.1, 0.15) is 17.3 Å². The summed E-state index contributed by atoms with van der Waals surface area (Å²) >= 11 is 0. The van der Waals surface area contributed by atoms with Gasteiger partial charge in [-0.05, 0) is 38.1 Å². The number of rotatable bonds is 13. The summed E-state index contributed by atoms with van der Waals surface area (Å²) in [6.07, 6.45) is 8.61. The minimum Gasteiger partial charge on any atom is -0.508 e. The van der Waals surface area contributed by atoms with Gasteiger partial charge < -0.3 is 36.6 Å². The Morgan fingerprint density at radius 3 is 2.17 bits per heavy atom. The number of unbranched alkanes of at least 4 members (excludes halogenated alkanes) is 8. The van der Waals surface area contributed by atoms with Crippen LogP contribution in [-0.2, 0) is 14.4 Å². The smallest absolute Gasteiger partial charge is 0.224 e. The number of amides is 1. The number of aliphatic hydroxyl groups is 4. The fourth-order valence-electron chi connectivity index (χ4n) is 7.60. The van der Waals surface area contributed by atoms with Gasteiger partial charge in [0.25, 0.3) is 0 Å². The van der Waals surface area contributed by atoms with Crippen molar-refractivity contribution in [3.05, 3.63) is 52.4 Å². The molecule has 0 aromatic heterocycles. The molecule has 0 radical (unpaired) electrons. The summed E-state index contributed by atoms with van der Waals surface area (Å²) in [6, 6.07) is 1.84. The van der Waals surface area contributed by atoms with Crippen molar-refractivity contribution in [1.82, 2.24) is 4.90 Å². The quantitative estimate of drug-likeness (QED) is 0.121. The highest BCUT2D eigenvalue weighted by molar-refractivity contribution is 6.15. The number of aliphatic hydroxyl groups excluding tert-OH is 3. The number of nitrogens with one attached hydrogen (secondary N) is 1. The van der Waals surface area contributed by atoms with Crippen molar-refractivity contribution < 1.29 is 39.9 Å². The number of aromatic hydroxyl groups is 1. The number of benzene rings is 1. The average Bonchev–Trinajstić information content (AvgIpc) is 2.99. The predicted molar refractivity (Wildman–Crippen MR) is 175 cm³/mol. The van der Waals surface area contributed by atoms with Crippen molar-refractivity contribution in [2.45, 2.75) is 102 Å². The SMILES string of the molecule is C=C(N)C1=C(O)[C@@]2(O)C(=O)C3=C(O)c4c(ccc(NC(=O)CCCCCCCCCCC)c4O)[C@H](C)C3C(O)C2[C@H](N(C)C)C1=O. The van der Waals surface area contributed by atoms with Crippen molar-refractivity contribution in [1.29, 1.82) is 0 Å². The molecule has 11 heteroatoms. The molecule has 252 valence electrons. The summed E-state index contributed by atoms with van der Waals surface area (Å²) in [5.74, 6) is -7.64. The summed E-state index contributed by atoms with van der Waals surface area (Å²) in [7, 11) is 3.07. The third kappa shape index (κ3) is 5.96. The minimum absolute atomic E-state index is 0.0401. The van der Waals surface area contributed by atoms with Gasteiger partial charge in [-0.15, -0.1) is 0 Å². The van der Waals surface area contributed by atoms with Crippen molar-refractivity contribution in [3.8, 4) is 5.75 Å². The second-order valence-electron chi connectivity index (χ2n) is 13.3. The second-order valence-corrected chi connectivity index (χ2v) is 13.3. The summed E-state index contributed by atoms with van der Waals surface area (Å²) < 4.78 is 0. The number of anilines is 1. The van der Waals surface area contributed by atoms with Crippen LogP contribution in [0.3, 0.4) is 0 Å². The maximum Gasteiger partial charge on any atom is 0.224 e. The van der Waals surface area contributed by atoms with E-state index in [0.29, 0.717) is 12.0 Å². The Hall–Kier alpha value is -3.67. The third-order valence-electron chi connectivity index (χ3n) is 9.99. The number of Topliss-reactive ketones (excluding diaryl/α,β-unsaturated/α-hetero) is 2. The van der Waals surface area contributed by atoms with Gasteiger partial charge in [-0.3, -0.25) is 19.3 Å². The highest BCUT2D eigenvalue weighted by Gasteiger charge is 2.67. The van der Waals surface area contributed by atoms with E-state index in [1.165, 1.54) is 57.2 Å². The molecule has 11 nitrogen and oxygen atoms in total. The number of ketones is 2. The van der Waals surface area contributed by atoms with Gasteiger partial charge in [-0.2, -0.15) is 0 Å². The lowest BCUT2D eigenvalue weighted by atomic mass is 9.54. The highest BCUT2D eigenvalue weighted by Crippen LogP contribution is 2.56. The zero-order valence-electron chi connectivity index (χ0n) is 27.3. The number of phenols is 1. The van der Waals surface area contributed by atoms with E-state index in [1.54, 1.807) is 13.0 Å². The molecule has 3 aliphatic rings. The van der Waals surface area contributed by atoms with Gasteiger partial charge in [0, 0.05) is 23.6 Å². The normalized spacial score (nSPS) is 27.4. The molecule has 0 aliphatic heterocycles. The van der Waals surface area contributed by atoms with Gasteiger partial charge in [0.05, 0.1) is 34.9 Å². The molecular formula is C35H49N3O8. The number of phenolic OH excluding ortho intramolecular Hbond substituents is 1. The van der Waals surface area contributed by atoms with E-state index in [9.17, 15) is 39.9 Å². The second kappa shape index (κ2) is 14.0. The van der Waals surface area contributed by atoms with E-state index in [4.69, 9.17) is 5.73 Å². The summed E-state index contributed by atoms with van der Waals surface area (Å²) in [5, 5.41) is 60.3. The fraction of sp³-hybridized carbons (Fsp3) is 0.571. The van der Waals surface area contributed by atoms with E-state index in [2.05, 4.69) is 18.8 Å². The minimum atomic E-state index is -2.83. The molecule has 1 amide bonds. The molecule has 1 aromatic carbocycles. The van der Waals surface area contributed by atoms with Crippen LogP contribution >= 0.6 is 0 Å². The molecule has 1 aromatic rings. The monoisotopic (exact) mass is 639 g/mol. The molecular weight excluding hydrogens is 590 g/mol. The van der Waals surface area contributed by atoms with E-state index in [1.807, 2.05) is 0 Å². The van der Waals surface area contributed by atoms with Crippen LogP contribution in [0.25, 0.3) is 5.76 Å². The number of allylic oxidation sites excluding steroid dienone is 1. The largest absolute Gasteiger partial charge is 0.508 e. The van der Waals surface area contributed by atoms with Crippen molar-refractivity contribution >= 4 is 28.9 Å². The summed E-state index contributed by atoms with van der Waals surface area (Å²) in [5.41, 5.74) is 1.99. The fourth-order valence-corrected chi connectivity index (χ4v) is 7.60. The van der Waals surface area contributed by atoms with Gasteiger partial charge in [-0.25, -0.2) is 0 Å². The first-order chi connectivity index (χ1) is 21.7. The summed E-state index contributed by atoms with van der Waals surface area (Å²) in [6.45, 7) is 7.40. The van der Waals surface area contributed by atoms with Crippen molar-refractivity contribution in [2.24, 2.45) is 17.6 Å². The number of fused-ring (bicyclic) bond motifs is 3. The van der Waals surface area contributed by atoms with Gasteiger partial charge in [-0.1, -0.05) is 77.9 Å². The topological polar surface area (TPSA) is 194 Å². The van der Waals surface area contributed by atoms with Crippen LogP contribution in [0.2, 0.25) is 0 Å². The van der Waals surface area contributed by atoms with Crippen LogP contribution in [0.15, 0.2) is 41.3 Å². The van der Waals surface area contributed by atoms with Crippen LogP contribution < -0.4 is 11.1 Å². The predicted octanol–water partition coefficient (Wildman–Crippen LogP) is 4.34. The Bertz CT molecular complexity index is 1460. The number of nitrogens with zero attached hydrogens (tertiary/aromatic N) is 1. The van der Waals surface area contributed by atoms with Crippen LogP contribution in [-0.4, -0.2) is 79.7 Å². The third-order valence-corrected chi connectivity index (χ3v) is 9.99. The van der Waals surface area contributed by atoms with Crippen molar-refractivity contribution in [2.75, 3.05) is 19.4 Å². The first-order valence-corrected chi connectivity index (χ1v) is 16.3. The lowest BCUT2D eigenvalue weighted by Crippen LogP contribution is -2.70. The molecule has 0 saturated heterocycles. The number of hydrogen-bond donors (Lipinski definition) is 7. The van der Waals surface area contributed by atoms with Gasteiger partial charge in [0.2, 0.25) is 11.7 Å². The van der Waals surface area contributed by atoms with Crippen LogP contribution in [0.4, 0.5) is 5.69 Å². The Labute approximate surface area is 270 Å². The molecule has 0 bridgehead atoms. The Kier molecular flexibility index (Phi) is 10.7. The molecule has 1 saturated carbocycles. The molecule has 8 N–H and O–H groups in total. The Morgan fingerprint density at radius 1 is 1.02 bits per heavy atom. The van der Waals surface area contributed by atoms with Gasteiger partial charge >= 0.3 is 0 Å². The molecule has 6 atom stereocenters. The Morgan fingerprint density at radius 2 is 1.61 bits per heavy atom. The lowest BCUT2D eigenvalue weighted by molar-refractivity contribution is -0.169. The van der Waals surface area contributed by atoms with Gasteiger partial charge in [0.15, 0.2) is 11.4 Å². The molecule has 0 heterocycles. The highest BCUT2D eigenvalue weighted by atomic mass is 16.4. The number of likely N-dealkylation sites (N-methyl/N-ethyl adjacent to an activating group) is 1. The van der Waals surface area contributed by atoms with E-state index >= 15 is 0 Å². The molecule has 1 fully saturated rings. The molecule has 0 spiro atoms. The first kappa shape index (κ1) is 35.2. The van der Waals surface area contributed by atoms with E-state index in [0.717, 1.165) is 19.3 Å².